The molecule has 1 fully saturated rings. The van der Waals surface area contributed by atoms with Crippen molar-refractivity contribution in [3.05, 3.63) is 28.8 Å². The zero-order chi connectivity index (χ0) is 12.1. The van der Waals surface area contributed by atoms with E-state index in [2.05, 4.69) is 16.7 Å². The molecule has 1 aliphatic rings. The molecule has 1 unspecified atom stereocenters. The summed E-state index contributed by atoms with van der Waals surface area (Å²) >= 11 is 6.14. The summed E-state index contributed by atoms with van der Waals surface area (Å²) in [6.45, 7) is 5.63. The van der Waals surface area contributed by atoms with E-state index in [9.17, 15) is 0 Å². The quantitative estimate of drug-likeness (QED) is 0.845. The zero-order valence-corrected chi connectivity index (χ0v) is 10.9. The molecule has 1 aromatic carbocycles. The van der Waals surface area contributed by atoms with E-state index in [4.69, 9.17) is 16.3 Å². The van der Waals surface area contributed by atoms with Crippen molar-refractivity contribution in [2.24, 2.45) is 0 Å². The van der Waals surface area contributed by atoms with E-state index in [-0.39, 0.29) is 0 Å². The number of rotatable bonds is 5. The third-order valence-electron chi connectivity index (χ3n) is 2.95. The van der Waals surface area contributed by atoms with Crippen molar-refractivity contribution >= 4 is 11.6 Å². The summed E-state index contributed by atoms with van der Waals surface area (Å²) < 4.78 is 5.41. The van der Waals surface area contributed by atoms with Gasteiger partial charge < -0.3 is 15.4 Å². The lowest BCUT2D eigenvalue weighted by atomic mass is 10.2. The Morgan fingerprint density at radius 2 is 2.41 bits per heavy atom. The third-order valence-corrected chi connectivity index (χ3v) is 3.25. The normalized spacial score (nSPS) is 19.5. The molecule has 4 heteroatoms. The van der Waals surface area contributed by atoms with Gasteiger partial charge in [-0.2, -0.15) is 0 Å². The van der Waals surface area contributed by atoms with Crippen LogP contribution in [0.1, 0.15) is 18.9 Å². The Labute approximate surface area is 107 Å². The van der Waals surface area contributed by atoms with Crippen molar-refractivity contribution in [1.29, 1.82) is 0 Å². The summed E-state index contributed by atoms with van der Waals surface area (Å²) in [7, 11) is 0. The van der Waals surface area contributed by atoms with Crippen LogP contribution in [-0.2, 0) is 6.54 Å². The smallest absolute Gasteiger partial charge is 0.137 e. The van der Waals surface area contributed by atoms with Gasteiger partial charge in [-0.05, 0) is 37.6 Å². The van der Waals surface area contributed by atoms with Crippen LogP contribution in [0.4, 0.5) is 0 Å². The molecule has 0 saturated carbocycles. The van der Waals surface area contributed by atoms with Crippen LogP contribution in [0, 0.1) is 0 Å². The largest absolute Gasteiger partial charge is 0.492 e. The Hall–Kier alpha value is -0.770. The van der Waals surface area contributed by atoms with Crippen LogP contribution in [0.5, 0.6) is 5.75 Å². The fourth-order valence-corrected chi connectivity index (χ4v) is 2.28. The van der Waals surface area contributed by atoms with Crippen molar-refractivity contribution in [2.45, 2.75) is 25.9 Å². The van der Waals surface area contributed by atoms with Gasteiger partial charge in [0.05, 0.1) is 11.6 Å². The van der Waals surface area contributed by atoms with Crippen molar-refractivity contribution in [2.75, 3.05) is 19.7 Å². The minimum absolute atomic E-state index is 0.584. The summed E-state index contributed by atoms with van der Waals surface area (Å²) in [5.41, 5.74) is 1.20. The lowest BCUT2D eigenvalue weighted by Crippen LogP contribution is -2.30. The van der Waals surface area contributed by atoms with Gasteiger partial charge in [-0.3, -0.25) is 0 Å². The summed E-state index contributed by atoms with van der Waals surface area (Å²) in [6, 6.07) is 6.56. The molecular weight excluding hydrogens is 236 g/mol. The molecule has 1 saturated heterocycles. The first-order valence-electron chi connectivity index (χ1n) is 6.15. The SMILES string of the molecule is CCOc1ccc(CNC2CCNC2)cc1Cl. The molecule has 0 aromatic heterocycles. The number of halogens is 1. The van der Waals surface area contributed by atoms with Crippen molar-refractivity contribution in [3.63, 3.8) is 0 Å². The predicted octanol–water partition coefficient (Wildman–Crippen LogP) is 2.19. The van der Waals surface area contributed by atoms with E-state index in [0.717, 1.165) is 25.4 Å². The first-order valence-corrected chi connectivity index (χ1v) is 6.52. The zero-order valence-electron chi connectivity index (χ0n) is 10.1. The van der Waals surface area contributed by atoms with Gasteiger partial charge in [0, 0.05) is 19.1 Å². The highest BCUT2D eigenvalue weighted by molar-refractivity contribution is 6.32. The highest BCUT2D eigenvalue weighted by Gasteiger charge is 2.13. The second kappa shape index (κ2) is 6.24. The topological polar surface area (TPSA) is 33.3 Å². The maximum Gasteiger partial charge on any atom is 0.137 e. The first-order chi connectivity index (χ1) is 8.29. The molecule has 94 valence electrons. The molecule has 1 atom stereocenters. The molecule has 0 aliphatic carbocycles. The van der Waals surface area contributed by atoms with E-state index in [0.29, 0.717) is 17.7 Å². The van der Waals surface area contributed by atoms with Gasteiger partial charge in [-0.25, -0.2) is 0 Å². The number of nitrogens with one attached hydrogen (secondary N) is 2. The van der Waals surface area contributed by atoms with Crippen LogP contribution in [0.3, 0.4) is 0 Å². The molecule has 17 heavy (non-hydrogen) atoms. The Morgan fingerprint density at radius 1 is 1.53 bits per heavy atom. The predicted molar refractivity (Wildman–Crippen MR) is 70.7 cm³/mol. The minimum Gasteiger partial charge on any atom is -0.492 e. The fourth-order valence-electron chi connectivity index (χ4n) is 2.02. The molecule has 1 heterocycles. The standard InChI is InChI=1S/C13H19ClN2O/c1-2-17-13-4-3-10(7-12(13)14)8-16-11-5-6-15-9-11/h3-4,7,11,15-16H,2,5-6,8-9H2,1H3. The number of ether oxygens (including phenoxy) is 1. The number of hydrogen-bond acceptors (Lipinski definition) is 3. The monoisotopic (exact) mass is 254 g/mol. The van der Waals surface area contributed by atoms with E-state index >= 15 is 0 Å². The van der Waals surface area contributed by atoms with E-state index in [1.807, 2.05) is 19.1 Å². The second-order valence-electron chi connectivity index (χ2n) is 4.27. The van der Waals surface area contributed by atoms with Crippen molar-refractivity contribution < 1.29 is 4.74 Å². The molecular formula is C13H19ClN2O. The first kappa shape index (κ1) is 12.7. The fraction of sp³-hybridized carbons (Fsp3) is 0.538. The summed E-state index contributed by atoms with van der Waals surface area (Å²) in [5.74, 6) is 0.764. The third kappa shape index (κ3) is 3.60. The molecule has 0 radical (unpaired) electrons. The summed E-state index contributed by atoms with van der Waals surface area (Å²) in [4.78, 5) is 0. The van der Waals surface area contributed by atoms with Crippen molar-refractivity contribution in [3.8, 4) is 5.75 Å². The molecule has 3 nitrogen and oxygen atoms in total. The second-order valence-corrected chi connectivity index (χ2v) is 4.68. The van der Waals surface area contributed by atoms with Crippen LogP contribution in [0.25, 0.3) is 0 Å². The van der Waals surface area contributed by atoms with Crippen LogP contribution in [0.15, 0.2) is 18.2 Å². The van der Waals surface area contributed by atoms with E-state index < -0.39 is 0 Å². The summed E-state index contributed by atoms with van der Waals surface area (Å²) in [6.07, 6.45) is 1.20. The molecule has 1 aliphatic heterocycles. The lowest BCUT2D eigenvalue weighted by molar-refractivity contribution is 0.340. The molecule has 0 bridgehead atoms. The number of hydrogen-bond donors (Lipinski definition) is 2. The van der Waals surface area contributed by atoms with Gasteiger partial charge >= 0.3 is 0 Å². The summed E-state index contributed by atoms with van der Waals surface area (Å²) in [5, 5.41) is 7.54. The van der Waals surface area contributed by atoms with Gasteiger partial charge in [0.25, 0.3) is 0 Å². The Bertz CT molecular complexity index is 364. The number of benzene rings is 1. The average Bonchev–Trinajstić information content (AvgIpc) is 2.83. The van der Waals surface area contributed by atoms with Gasteiger partial charge in [0.1, 0.15) is 5.75 Å². The van der Waals surface area contributed by atoms with Gasteiger partial charge in [0.2, 0.25) is 0 Å². The van der Waals surface area contributed by atoms with E-state index in [1.54, 1.807) is 0 Å². The van der Waals surface area contributed by atoms with Crippen molar-refractivity contribution in [1.82, 2.24) is 10.6 Å². The Kier molecular flexibility index (Phi) is 4.66. The van der Waals surface area contributed by atoms with E-state index in [1.165, 1.54) is 12.0 Å². The Balaban J connectivity index is 1.90. The van der Waals surface area contributed by atoms with Gasteiger partial charge in [-0.1, -0.05) is 17.7 Å². The van der Waals surface area contributed by atoms with Crippen LogP contribution < -0.4 is 15.4 Å². The highest BCUT2D eigenvalue weighted by atomic mass is 35.5. The van der Waals surface area contributed by atoms with Gasteiger partial charge in [0.15, 0.2) is 0 Å². The molecule has 0 spiro atoms. The van der Waals surface area contributed by atoms with Crippen LogP contribution in [-0.4, -0.2) is 25.7 Å². The molecule has 2 rings (SSSR count). The van der Waals surface area contributed by atoms with Crippen LogP contribution in [0.2, 0.25) is 5.02 Å². The van der Waals surface area contributed by atoms with Gasteiger partial charge in [-0.15, -0.1) is 0 Å². The lowest BCUT2D eigenvalue weighted by Gasteiger charge is -2.12. The molecule has 0 amide bonds. The molecule has 1 aromatic rings. The maximum absolute atomic E-state index is 6.14. The molecule has 2 N–H and O–H groups in total. The minimum atomic E-state index is 0.584. The Morgan fingerprint density at radius 3 is 3.06 bits per heavy atom. The highest BCUT2D eigenvalue weighted by Crippen LogP contribution is 2.25. The van der Waals surface area contributed by atoms with Crippen LogP contribution >= 0.6 is 11.6 Å². The maximum atomic E-state index is 6.14. The average molecular weight is 255 g/mol.